The van der Waals surface area contributed by atoms with Gasteiger partial charge in [0, 0.05) is 0 Å². The van der Waals surface area contributed by atoms with Gasteiger partial charge in [0.15, 0.2) is 0 Å². The maximum absolute atomic E-state index is 9.61. The standard InChI is InChI=1S/C2H3N3O2/c3-1-5(7)2(4)6/h7H,(H2,4,6). The summed E-state index contributed by atoms with van der Waals surface area (Å²) in [5.41, 5.74) is 4.36. The smallest absolute Gasteiger partial charge is 0.349 e. The maximum Gasteiger partial charge on any atom is 0.352 e. The fraction of sp³-hybridized carbons (Fsp3) is 0. The molecule has 7 heavy (non-hydrogen) atoms. The number of urea groups is 1. The third-order valence-electron chi connectivity index (χ3n) is 0.303. The molecular formula is C2H3N3O2. The minimum absolute atomic E-state index is 0.264. The predicted molar refractivity (Wildman–Crippen MR) is 18.8 cm³/mol. The van der Waals surface area contributed by atoms with Crippen LogP contribution in [-0.4, -0.2) is 16.3 Å². The summed E-state index contributed by atoms with van der Waals surface area (Å²) in [6.07, 6.45) is 1.08. The second kappa shape index (κ2) is 2.00. The molecule has 0 bridgehead atoms. The van der Waals surface area contributed by atoms with Crippen molar-refractivity contribution < 1.29 is 10.0 Å². The lowest BCUT2D eigenvalue weighted by Crippen LogP contribution is -2.27. The average molecular weight is 101 g/mol. The zero-order chi connectivity index (χ0) is 5.86. The second-order valence-corrected chi connectivity index (χ2v) is 0.750. The Balaban J connectivity index is 3.63. The number of carbonyl (C=O) groups excluding carboxylic acids is 1. The van der Waals surface area contributed by atoms with Crippen LogP contribution >= 0.6 is 0 Å². The van der Waals surface area contributed by atoms with Crippen LogP contribution in [-0.2, 0) is 0 Å². The monoisotopic (exact) mass is 101 g/mol. The zero-order valence-electron chi connectivity index (χ0n) is 3.33. The topological polar surface area (TPSA) is 90.3 Å². The van der Waals surface area contributed by atoms with Crippen molar-refractivity contribution in [1.82, 2.24) is 5.06 Å². The molecule has 0 aromatic carbocycles. The number of carbonyl (C=O) groups is 1. The van der Waals surface area contributed by atoms with Crippen LogP contribution in [0, 0.1) is 11.5 Å². The van der Waals surface area contributed by atoms with Gasteiger partial charge in [0.2, 0.25) is 6.19 Å². The first kappa shape index (κ1) is 5.72. The Hall–Kier alpha value is -1.28. The van der Waals surface area contributed by atoms with Crippen molar-refractivity contribution in [1.29, 1.82) is 5.26 Å². The summed E-state index contributed by atoms with van der Waals surface area (Å²) in [5.74, 6) is 0. The van der Waals surface area contributed by atoms with E-state index in [4.69, 9.17) is 10.5 Å². The SMILES string of the molecule is N#CN(O)C(N)=O. The van der Waals surface area contributed by atoms with Crippen LogP contribution in [0.5, 0.6) is 0 Å². The van der Waals surface area contributed by atoms with Crippen LogP contribution in [0.1, 0.15) is 0 Å². The molecule has 0 radical (unpaired) electrons. The molecule has 0 spiro atoms. The molecule has 0 aliphatic rings. The number of nitrogens with two attached hydrogens (primary N) is 1. The highest BCUT2D eigenvalue weighted by atomic mass is 16.5. The molecule has 0 aromatic heterocycles. The van der Waals surface area contributed by atoms with Gasteiger partial charge in [-0.1, -0.05) is 0 Å². The van der Waals surface area contributed by atoms with E-state index >= 15 is 0 Å². The second-order valence-electron chi connectivity index (χ2n) is 0.750. The first-order valence-electron chi connectivity index (χ1n) is 1.36. The number of hydroxylamine groups is 2. The molecule has 0 unspecified atom stereocenters. The van der Waals surface area contributed by atoms with E-state index in [1.54, 1.807) is 0 Å². The van der Waals surface area contributed by atoms with Gasteiger partial charge < -0.3 is 5.73 Å². The third kappa shape index (κ3) is 1.57. The quantitative estimate of drug-likeness (QED) is 0.182. The van der Waals surface area contributed by atoms with E-state index in [0.717, 1.165) is 6.19 Å². The summed E-state index contributed by atoms with van der Waals surface area (Å²) in [6.45, 7) is 0. The highest BCUT2D eigenvalue weighted by Gasteiger charge is 1.99. The Labute approximate surface area is 39.5 Å². The first-order valence-corrected chi connectivity index (χ1v) is 1.36. The van der Waals surface area contributed by atoms with Gasteiger partial charge in [-0.2, -0.15) is 5.26 Å². The fourth-order valence-corrected chi connectivity index (χ4v) is 0.0493. The summed E-state index contributed by atoms with van der Waals surface area (Å²) in [5, 5.41) is 15.3. The Bertz CT molecular complexity index is 115. The van der Waals surface area contributed by atoms with E-state index in [0.29, 0.717) is 0 Å². The summed E-state index contributed by atoms with van der Waals surface area (Å²) in [6, 6.07) is -1.18. The highest BCUT2D eigenvalue weighted by Crippen LogP contribution is 1.70. The van der Waals surface area contributed by atoms with E-state index in [1.165, 1.54) is 0 Å². The van der Waals surface area contributed by atoms with Crippen molar-refractivity contribution in [2.45, 2.75) is 0 Å². The lowest BCUT2D eigenvalue weighted by Gasteiger charge is -1.94. The predicted octanol–water partition coefficient (Wildman–Crippen LogP) is -0.763. The molecule has 0 aliphatic heterocycles. The number of hydrogen-bond acceptors (Lipinski definition) is 3. The van der Waals surface area contributed by atoms with E-state index in [9.17, 15) is 4.79 Å². The number of hydrogen-bond donors (Lipinski definition) is 2. The van der Waals surface area contributed by atoms with Crippen molar-refractivity contribution >= 4 is 6.03 Å². The molecular weight excluding hydrogens is 98.0 g/mol. The van der Waals surface area contributed by atoms with Crippen molar-refractivity contribution in [2.24, 2.45) is 5.73 Å². The van der Waals surface area contributed by atoms with Crippen LogP contribution in [0.4, 0.5) is 4.79 Å². The summed E-state index contributed by atoms with van der Waals surface area (Å²) >= 11 is 0. The number of rotatable bonds is 0. The Morgan fingerprint density at radius 2 is 2.43 bits per heavy atom. The van der Waals surface area contributed by atoms with Crippen molar-refractivity contribution in [3.8, 4) is 6.19 Å². The van der Waals surface area contributed by atoms with Crippen LogP contribution < -0.4 is 5.73 Å². The van der Waals surface area contributed by atoms with Gasteiger partial charge in [-0.15, -0.1) is 5.06 Å². The van der Waals surface area contributed by atoms with E-state index in [1.807, 2.05) is 0 Å². The normalized spacial score (nSPS) is 6.86. The van der Waals surface area contributed by atoms with Crippen LogP contribution in [0.2, 0.25) is 0 Å². The van der Waals surface area contributed by atoms with Crippen molar-refractivity contribution in [3.63, 3.8) is 0 Å². The van der Waals surface area contributed by atoms with E-state index in [2.05, 4.69) is 5.73 Å². The Kier molecular flexibility index (Phi) is 1.63. The molecule has 0 saturated carbocycles. The van der Waals surface area contributed by atoms with Crippen LogP contribution in [0.3, 0.4) is 0 Å². The molecule has 5 heteroatoms. The van der Waals surface area contributed by atoms with Crippen LogP contribution in [0.15, 0.2) is 0 Å². The number of nitriles is 1. The van der Waals surface area contributed by atoms with Gasteiger partial charge in [0.05, 0.1) is 0 Å². The molecule has 38 valence electrons. The van der Waals surface area contributed by atoms with E-state index < -0.39 is 6.03 Å². The maximum atomic E-state index is 9.61. The van der Waals surface area contributed by atoms with Gasteiger partial charge in [-0.05, 0) is 0 Å². The minimum atomic E-state index is -1.18. The first-order chi connectivity index (χ1) is 3.18. The average Bonchev–Trinajstić information content (AvgIpc) is 1.65. The molecule has 0 rings (SSSR count). The molecule has 0 heterocycles. The van der Waals surface area contributed by atoms with Gasteiger partial charge in [-0.3, -0.25) is 5.21 Å². The largest absolute Gasteiger partial charge is 0.352 e. The lowest BCUT2D eigenvalue weighted by molar-refractivity contribution is 0.0167. The summed E-state index contributed by atoms with van der Waals surface area (Å²) in [7, 11) is 0. The Morgan fingerprint density at radius 1 is 2.00 bits per heavy atom. The molecule has 5 nitrogen and oxygen atoms in total. The van der Waals surface area contributed by atoms with Crippen molar-refractivity contribution in [2.75, 3.05) is 0 Å². The van der Waals surface area contributed by atoms with E-state index in [-0.39, 0.29) is 5.06 Å². The fourth-order valence-electron chi connectivity index (χ4n) is 0.0493. The van der Waals surface area contributed by atoms with Gasteiger partial charge in [0.25, 0.3) is 0 Å². The third-order valence-corrected chi connectivity index (χ3v) is 0.303. The number of primary amides is 1. The van der Waals surface area contributed by atoms with Gasteiger partial charge in [0.1, 0.15) is 0 Å². The van der Waals surface area contributed by atoms with Crippen LogP contribution in [0.25, 0.3) is 0 Å². The van der Waals surface area contributed by atoms with Crippen molar-refractivity contribution in [3.05, 3.63) is 0 Å². The zero-order valence-corrected chi connectivity index (χ0v) is 3.33. The summed E-state index contributed by atoms with van der Waals surface area (Å²) < 4.78 is 0. The highest BCUT2D eigenvalue weighted by molar-refractivity contribution is 5.71. The lowest BCUT2D eigenvalue weighted by atomic mass is 11.0. The molecule has 0 atom stereocenters. The minimum Gasteiger partial charge on any atom is -0.349 e. The molecule has 2 amide bonds. The molecule has 3 N–H and O–H groups in total. The summed E-state index contributed by atoms with van der Waals surface area (Å²) in [4.78, 5) is 9.61. The number of nitrogens with zero attached hydrogens (tertiary/aromatic N) is 2. The molecule has 0 saturated heterocycles. The Morgan fingerprint density at radius 3 is 2.43 bits per heavy atom. The molecule has 0 aliphatic carbocycles. The van der Waals surface area contributed by atoms with Gasteiger partial charge in [-0.25, -0.2) is 4.79 Å². The molecule has 0 fully saturated rings. The number of amides is 2. The van der Waals surface area contributed by atoms with Gasteiger partial charge >= 0.3 is 6.03 Å². The molecule has 0 aromatic rings.